The van der Waals surface area contributed by atoms with E-state index in [9.17, 15) is 4.79 Å². The van der Waals surface area contributed by atoms with E-state index in [2.05, 4.69) is 25.3 Å². The highest BCUT2D eigenvalue weighted by molar-refractivity contribution is 5.90. The van der Waals surface area contributed by atoms with E-state index in [0.717, 1.165) is 11.1 Å². The molecule has 29 heavy (non-hydrogen) atoms. The zero-order chi connectivity index (χ0) is 20.5. The van der Waals surface area contributed by atoms with E-state index in [4.69, 9.17) is 14.2 Å². The molecule has 4 rings (SSSR count). The number of rotatable bonds is 5. The highest BCUT2D eigenvalue weighted by Gasteiger charge is 2.15. The van der Waals surface area contributed by atoms with Gasteiger partial charge in [0.25, 0.3) is 5.56 Å². The Balaban J connectivity index is 1.85. The van der Waals surface area contributed by atoms with E-state index >= 15 is 0 Å². The third-order valence-electron chi connectivity index (χ3n) is 4.55. The lowest BCUT2D eigenvalue weighted by atomic mass is 10.1. The van der Waals surface area contributed by atoms with Crippen LogP contribution in [0.15, 0.2) is 35.1 Å². The van der Waals surface area contributed by atoms with Crippen LogP contribution >= 0.6 is 0 Å². The molecule has 148 valence electrons. The van der Waals surface area contributed by atoms with Gasteiger partial charge in [0, 0.05) is 5.39 Å². The van der Waals surface area contributed by atoms with Gasteiger partial charge in [0.1, 0.15) is 16.8 Å². The predicted octanol–water partition coefficient (Wildman–Crippen LogP) is 2.94. The van der Waals surface area contributed by atoms with Crippen molar-refractivity contribution in [2.45, 2.75) is 6.92 Å². The average Bonchev–Trinajstić information content (AvgIpc) is 2.72. The largest absolute Gasteiger partial charge is 0.494 e. The van der Waals surface area contributed by atoms with Crippen molar-refractivity contribution >= 4 is 33.7 Å². The summed E-state index contributed by atoms with van der Waals surface area (Å²) in [7, 11) is 4.64. The molecule has 4 aromatic rings. The first kappa shape index (κ1) is 18.5. The number of benzene rings is 2. The molecule has 0 unspecified atom stereocenters. The second-order valence-corrected chi connectivity index (χ2v) is 6.23. The van der Waals surface area contributed by atoms with E-state index in [1.165, 1.54) is 7.11 Å². The Bertz CT molecular complexity index is 1290. The van der Waals surface area contributed by atoms with Crippen LogP contribution in [-0.2, 0) is 0 Å². The predicted molar refractivity (Wildman–Crippen MR) is 110 cm³/mol. The summed E-state index contributed by atoms with van der Waals surface area (Å²) in [6.45, 7) is 1.86. The van der Waals surface area contributed by atoms with Gasteiger partial charge in [-0.2, -0.15) is 0 Å². The van der Waals surface area contributed by atoms with Gasteiger partial charge < -0.3 is 14.2 Å². The van der Waals surface area contributed by atoms with Gasteiger partial charge in [0.05, 0.1) is 32.4 Å². The maximum Gasteiger partial charge on any atom is 0.260 e. The summed E-state index contributed by atoms with van der Waals surface area (Å²) in [5.41, 5.74) is 1.47. The number of aromatic nitrogens is 4. The lowest BCUT2D eigenvalue weighted by molar-refractivity contribution is 0.358. The standard InChI is InChI=1S/C20H19N5O4/c1-10-11-8-9-14(28-3)17(29-4)16(11)23-19(21-10)25-20-22-15-12(18(26)24-20)6-5-7-13(15)27-2/h5-9H,1-4H3,(H2,21,22,23,24,25,26). The molecule has 0 radical (unpaired) electrons. The molecule has 0 amide bonds. The zero-order valence-corrected chi connectivity index (χ0v) is 16.4. The van der Waals surface area contributed by atoms with Gasteiger partial charge >= 0.3 is 0 Å². The van der Waals surface area contributed by atoms with Crippen molar-refractivity contribution in [1.29, 1.82) is 0 Å². The fourth-order valence-electron chi connectivity index (χ4n) is 3.18. The third kappa shape index (κ3) is 3.16. The van der Waals surface area contributed by atoms with Crippen LogP contribution in [0.1, 0.15) is 5.69 Å². The Hall–Kier alpha value is -3.88. The van der Waals surface area contributed by atoms with Crippen LogP contribution < -0.4 is 25.1 Å². The smallest absolute Gasteiger partial charge is 0.260 e. The van der Waals surface area contributed by atoms with Crippen LogP contribution in [0.5, 0.6) is 17.2 Å². The van der Waals surface area contributed by atoms with Crippen molar-refractivity contribution in [1.82, 2.24) is 19.9 Å². The molecule has 2 aromatic heterocycles. The van der Waals surface area contributed by atoms with Crippen LogP contribution in [0, 0.1) is 6.92 Å². The highest BCUT2D eigenvalue weighted by Crippen LogP contribution is 2.35. The Morgan fingerprint density at radius 2 is 1.66 bits per heavy atom. The lowest BCUT2D eigenvalue weighted by Gasteiger charge is -2.13. The number of ether oxygens (including phenoxy) is 3. The topological polar surface area (TPSA) is 111 Å². The monoisotopic (exact) mass is 393 g/mol. The molecule has 0 fully saturated rings. The number of aryl methyl sites for hydroxylation is 1. The summed E-state index contributed by atoms with van der Waals surface area (Å²) in [5, 5.41) is 4.23. The van der Waals surface area contributed by atoms with Crippen LogP contribution in [0.2, 0.25) is 0 Å². The van der Waals surface area contributed by atoms with Crippen molar-refractivity contribution in [2.24, 2.45) is 0 Å². The first-order chi connectivity index (χ1) is 14.0. The second kappa shape index (κ2) is 7.27. The average molecular weight is 393 g/mol. The molecule has 0 aliphatic rings. The van der Waals surface area contributed by atoms with Crippen molar-refractivity contribution in [3.05, 3.63) is 46.4 Å². The summed E-state index contributed by atoms with van der Waals surface area (Å²) in [4.78, 5) is 28.6. The van der Waals surface area contributed by atoms with Crippen LogP contribution in [0.3, 0.4) is 0 Å². The number of aromatic amines is 1. The van der Waals surface area contributed by atoms with Gasteiger partial charge in [-0.25, -0.2) is 15.0 Å². The molecule has 0 saturated carbocycles. The zero-order valence-electron chi connectivity index (χ0n) is 16.4. The SMILES string of the molecule is COc1ccc2c(C)nc(Nc3nc4c(OC)cccc4c(=O)[nH]3)nc2c1OC. The molecule has 0 bridgehead atoms. The molecule has 2 aromatic carbocycles. The van der Waals surface area contributed by atoms with Gasteiger partial charge in [-0.15, -0.1) is 0 Å². The molecular formula is C20H19N5O4. The summed E-state index contributed by atoms with van der Waals surface area (Å²) < 4.78 is 16.2. The molecule has 0 atom stereocenters. The Kier molecular flexibility index (Phi) is 4.63. The minimum absolute atomic E-state index is 0.201. The minimum atomic E-state index is -0.298. The first-order valence-electron chi connectivity index (χ1n) is 8.79. The minimum Gasteiger partial charge on any atom is -0.494 e. The molecule has 2 heterocycles. The van der Waals surface area contributed by atoms with E-state index in [-0.39, 0.29) is 17.5 Å². The first-order valence-corrected chi connectivity index (χ1v) is 8.79. The molecule has 9 heteroatoms. The summed E-state index contributed by atoms with van der Waals surface area (Å²) in [6, 6.07) is 8.84. The third-order valence-corrected chi connectivity index (χ3v) is 4.55. The van der Waals surface area contributed by atoms with E-state index in [0.29, 0.717) is 33.7 Å². The van der Waals surface area contributed by atoms with Crippen molar-refractivity contribution in [3.63, 3.8) is 0 Å². The summed E-state index contributed by atoms with van der Waals surface area (Å²) in [6.07, 6.45) is 0. The maximum atomic E-state index is 12.5. The Morgan fingerprint density at radius 1 is 0.862 bits per heavy atom. The summed E-state index contributed by atoms with van der Waals surface area (Å²) in [5.74, 6) is 2.02. The van der Waals surface area contributed by atoms with E-state index in [1.54, 1.807) is 38.5 Å². The summed E-state index contributed by atoms with van der Waals surface area (Å²) >= 11 is 0. The van der Waals surface area contributed by atoms with Crippen LogP contribution in [0.25, 0.3) is 21.8 Å². The van der Waals surface area contributed by atoms with Gasteiger partial charge in [-0.05, 0) is 31.2 Å². The molecule has 0 saturated heterocycles. The highest BCUT2D eigenvalue weighted by atomic mass is 16.5. The van der Waals surface area contributed by atoms with E-state index in [1.807, 2.05) is 13.0 Å². The number of nitrogens with one attached hydrogen (secondary N) is 2. The molecular weight excluding hydrogens is 374 g/mol. The second-order valence-electron chi connectivity index (χ2n) is 6.23. The number of anilines is 2. The molecule has 0 aliphatic heterocycles. The van der Waals surface area contributed by atoms with Crippen LogP contribution in [-0.4, -0.2) is 41.3 Å². The molecule has 0 aliphatic carbocycles. The molecule has 9 nitrogen and oxygen atoms in total. The number of nitrogens with zero attached hydrogens (tertiary/aromatic N) is 3. The van der Waals surface area contributed by atoms with Gasteiger partial charge in [-0.3, -0.25) is 15.1 Å². The number of para-hydroxylation sites is 1. The quantitative estimate of drug-likeness (QED) is 0.532. The van der Waals surface area contributed by atoms with Gasteiger partial charge in [-0.1, -0.05) is 6.07 Å². The van der Waals surface area contributed by atoms with Gasteiger partial charge in [0.15, 0.2) is 11.5 Å². The lowest BCUT2D eigenvalue weighted by Crippen LogP contribution is -2.13. The Morgan fingerprint density at radius 3 is 2.38 bits per heavy atom. The molecule has 0 spiro atoms. The number of fused-ring (bicyclic) bond motifs is 2. The number of methoxy groups -OCH3 is 3. The van der Waals surface area contributed by atoms with Crippen LogP contribution in [0.4, 0.5) is 11.9 Å². The van der Waals surface area contributed by atoms with Crippen molar-refractivity contribution in [2.75, 3.05) is 26.6 Å². The number of H-pyrrole nitrogens is 1. The molecule has 2 N–H and O–H groups in total. The Labute approximate surface area is 165 Å². The van der Waals surface area contributed by atoms with E-state index < -0.39 is 0 Å². The fourth-order valence-corrected chi connectivity index (χ4v) is 3.18. The number of hydrogen-bond donors (Lipinski definition) is 2. The van der Waals surface area contributed by atoms with Crippen molar-refractivity contribution in [3.8, 4) is 17.2 Å². The van der Waals surface area contributed by atoms with Gasteiger partial charge in [0.2, 0.25) is 11.9 Å². The van der Waals surface area contributed by atoms with Crippen molar-refractivity contribution < 1.29 is 14.2 Å². The normalized spacial score (nSPS) is 10.9. The maximum absolute atomic E-state index is 12.5. The fraction of sp³-hybridized carbons (Fsp3) is 0.200. The number of hydrogen-bond acceptors (Lipinski definition) is 8.